The maximum Gasteiger partial charge on any atom is 0.254 e. The molecule has 1 aliphatic rings. The molecule has 1 aromatic carbocycles. The van der Waals surface area contributed by atoms with Crippen molar-refractivity contribution < 1.29 is 9.68 Å². The van der Waals surface area contributed by atoms with Crippen molar-refractivity contribution in [3.8, 4) is 0 Å². The minimum atomic E-state index is -0.714. The van der Waals surface area contributed by atoms with Crippen LogP contribution in [0.3, 0.4) is 0 Å². The summed E-state index contributed by atoms with van der Waals surface area (Å²) in [5, 5.41) is 3.96. The molecule has 0 aromatic heterocycles. The third-order valence-electron chi connectivity index (χ3n) is 2.08. The number of amidine groups is 1. The van der Waals surface area contributed by atoms with E-state index in [2.05, 4.69) is 10.6 Å². The number of rotatable bonds is 1. The molecule has 0 spiro atoms. The highest BCUT2D eigenvalue weighted by atomic mass is 16.9. The fraction of sp³-hybridized carbons (Fsp3) is 0.462. The van der Waals surface area contributed by atoms with Gasteiger partial charge >= 0.3 is 0 Å². The zero-order valence-electron chi connectivity index (χ0n) is 11.1. The maximum atomic E-state index is 5.26. The van der Waals surface area contributed by atoms with Crippen molar-refractivity contribution >= 4 is 5.84 Å². The lowest BCUT2D eigenvalue weighted by atomic mass is 10.1. The van der Waals surface area contributed by atoms with Gasteiger partial charge in [-0.25, -0.2) is 10.3 Å². The summed E-state index contributed by atoms with van der Waals surface area (Å²) in [6, 6.07) is 7.96. The molecule has 0 saturated heterocycles. The molecule has 0 atom stereocenters. The predicted molar refractivity (Wildman–Crippen MR) is 68.4 cm³/mol. The molecule has 94 valence electrons. The lowest BCUT2D eigenvalue weighted by molar-refractivity contribution is -0.248. The fourth-order valence-electron chi connectivity index (χ4n) is 1.19. The Kier molecular flexibility index (Phi) is 4.52. The first kappa shape index (κ1) is 13.5. The van der Waals surface area contributed by atoms with Crippen LogP contribution in [-0.4, -0.2) is 11.6 Å². The van der Waals surface area contributed by atoms with Crippen LogP contribution in [-0.2, 0) is 9.68 Å². The maximum absolute atomic E-state index is 5.26. The molecular formula is C13H20N2O2. The number of nitrogens with zero attached hydrogens (tertiary/aromatic N) is 1. The number of nitrogens with one attached hydrogen (secondary N) is 1. The summed E-state index contributed by atoms with van der Waals surface area (Å²) < 4.78 is 0. The van der Waals surface area contributed by atoms with Gasteiger partial charge in [0.05, 0.1) is 0 Å². The van der Waals surface area contributed by atoms with E-state index in [4.69, 9.17) is 9.68 Å². The first-order valence-electron chi connectivity index (χ1n) is 5.84. The Morgan fingerprint density at radius 1 is 1.12 bits per heavy atom. The average molecular weight is 236 g/mol. The molecule has 0 saturated carbocycles. The molecule has 4 nitrogen and oxygen atoms in total. The molecule has 0 fully saturated rings. The van der Waals surface area contributed by atoms with E-state index >= 15 is 0 Å². The van der Waals surface area contributed by atoms with Gasteiger partial charge in [0.1, 0.15) is 0 Å². The summed E-state index contributed by atoms with van der Waals surface area (Å²) in [6.07, 6.45) is 0. The number of hydrogen-bond acceptors (Lipinski definition) is 4. The summed E-state index contributed by atoms with van der Waals surface area (Å²) in [5.74, 6) is -0.122. The van der Waals surface area contributed by atoms with Gasteiger partial charge < -0.3 is 4.84 Å². The van der Waals surface area contributed by atoms with Crippen molar-refractivity contribution in [1.29, 1.82) is 0 Å². The number of hydroxylamine groups is 1. The van der Waals surface area contributed by atoms with Gasteiger partial charge in [-0.2, -0.15) is 0 Å². The fourth-order valence-corrected chi connectivity index (χ4v) is 1.19. The van der Waals surface area contributed by atoms with Gasteiger partial charge in [-0.15, -0.1) is 0 Å². The van der Waals surface area contributed by atoms with Crippen LogP contribution in [0.15, 0.2) is 29.4 Å². The molecule has 0 bridgehead atoms. The highest BCUT2D eigenvalue weighted by Gasteiger charge is 2.26. The van der Waals surface area contributed by atoms with Crippen LogP contribution in [0, 0.1) is 6.92 Å². The van der Waals surface area contributed by atoms with Gasteiger partial charge in [0, 0.05) is 19.4 Å². The zero-order chi connectivity index (χ0) is 12.9. The van der Waals surface area contributed by atoms with Crippen molar-refractivity contribution in [2.45, 2.75) is 40.4 Å². The van der Waals surface area contributed by atoms with Crippen molar-refractivity contribution in [2.24, 2.45) is 5.16 Å². The van der Waals surface area contributed by atoms with Gasteiger partial charge in [0.25, 0.3) is 5.79 Å². The van der Waals surface area contributed by atoms with E-state index in [-0.39, 0.29) is 0 Å². The smallest absolute Gasteiger partial charge is 0.254 e. The van der Waals surface area contributed by atoms with Crippen LogP contribution < -0.4 is 5.48 Å². The second-order valence-corrected chi connectivity index (χ2v) is 4.00. The molecule has 1 aliphatic heterocycles. The first-order chi connectivity index (χ1) is 8.07. The lowest BCUT2D eigenvalue weighted by Crippen LogP contribution is -2.42. The Morgan fingerprint density at radius 3 is 2.18 bits per heavy atom. The SMILES string of the molecule is CC.Cc1ccc(C2=NOC(C)(C)ON2)cc1. The largest absolute Gasteiger partial charge is 0.357 e. The third-order valence-corrected chi connectivity index (χ3v) is 2.08. The molecule has 4 heteroatoms. The second kappa shape index (κ2) is 5.68. The molecule has 0 radical (unpaired) electrons. The van der Waals surface area contributed by atoms with E-state index in [0.717, 1.165) is 5.56 Å². The number of oxime groups is 1. The van der Waals surface area contributed by atoms with Gasteiger partial charge in [0.15, 0.2) is 5.84 Å². The van der Waals surface area contributed by atoms with E-state index < -0.39 is 5.79 Å². The van der Waals surface area contributed by atoms with E-state index in [0.29, 0.717) is 5.84 Å². The van der Waals surface area contributed by atoms with Crippen LogP contribution in [0.5, 0.6) is 0 Å². The summed E-state index contributed by atoms with van der Waals surface area (Å²) in [4.78, 5) is 10.4. The second-order valence-electron chi connectivity index (χ2n) is 4.00. The molecule has 17 heavy (non-hydrogen) atoms. The molecular weight excluding hydrogens is 216 g/mol. The molecule has 0 amide bonds. The monoisotopic (exact) mass is 236 g/mol. The highest BCUT2D eigenvalue weighted by molar-refractivity contribution is 5.97. The third kappa shape index (κ3) is 3.75. The molecule has 1 N–H and O–H groups in total. The molecule has 0 aliphatic carbocycles. The van der Waals surface area contributed by atoms with Crippen molar-refractivity contribution in [1.82, 2.24) is 5.48 Å². The number of benzene rings is 1. The van der Waals surface area contributed by atoms with E-state index in [9.17, 15) is 0 Å². The minimum absolute atomic E-state index is 0.592. The van der Waals surface area contributed by atoms with Crippen LogP contribution >= 0.6 is 0 Å². The first-order valence-corrected chi connectivity index (χ1v) is 5.84. The minimum Gasteiger partial charge on any atom is -0.357 e. The predicted octanol–water partition coefficient (Wildman–Crippen LogP) is 2.97. The Balaban J connectivity index is 0.000000686. The van der Waals surface area contributed by atoms with Crippen molar-refractivity contribution in [2.75, 3.05) is 0 Å². The lowest BCUT2D eigenvalue weighted by Gasteiger charge is -2.27. The summed E-state index contributed by atoms with van der Waals surface area (Å²) >= 11 is 0. The Bertz CT molecular complexity index is 383. The quantitative estimate of drug-likeness (QED) is 0.815. The van der Waals surface area contributed by atoms with Crippen molar-refractivity contribution in [3.63, 3.8) is 0 Å². The Labute approximate surface area is 103 Å². The van der Waals surface area contributed by atoms with Crippen LogP contribution in [0.1, 0.15) is 38.8 Å². The van der Waals surface area contributed by atoms with Crippen LogP contribution in [0.25, 0.3) is 0 Å². The van der Waals surface area contributed by atoms with Gasteiger partial charge in [-0.3, -0.25) is 0 Å². The Morgan fingerprint density at radius 2 is 1.71 bits per heavy atom. The van der Waals surface area contributed by atoms with E-state index in [1.807, 2.05) is 45.0 Å². The zero-order valence-corrected chi connectivity index (χ0v) is 11.1. The van der Waals surface area contributed by atoms with E-state index in [1.54, 1.807) is 13.8 Å². The highest BCUT2D eigenvalue weighted by Crippen LogP contribution is 2.15. The summed E-state index contributed by atoms with van der Waals surface area (Å²) in [5.41, 5.74) is 4.92. The summed E-state index contributed by atoms with van der Waals surface area (Å²) in [7, 11) is 0. The van der Waals surface area contributed by atoms with Crippen LogP contribution in [0.2, 0.25) is 0 Å². The molecule has 1 aromatic rings. The van der Waals surface area contributed by atoms with Gasteiger partial charge in [-0.1, -0.05) is 48.8 Å². The van der Waals surface area contributed by atoms with Gasteiger partial charge in [-0.05, 0) is 6.92 Å². The van der Waals surface area contributed by atoms with Crippen LogP contribution in [0.4, 0.5) is 0 Å². The van der Waals surface area contributed by atoms with E-state index in [1.165, 1.54) is 5.56 Å². The normalized spacial score (nSPS) is 16.9. The molecule has 0 unspecified atom stereocenters. The number of hydrogen-bond donors (Lipinski definition) is 1. The standard InChI is InChI=1S/C11H14N2O2.C2H6/c1-8-4-6-9(7-5-8)10-12-14-11(2,3)15-13-10;1-2/h4-7H,1-3H3,(H,12,13);1-2H3. The average Bonchev–Trinajstić information content (AvgIpc) is 2.33. The number of aryl methyl sites for hydroxylation is 1. The molecule has 2 rings (SSSR count). The topological polar surface area (TPSA) is 42.9 Å². The van der Waals surface area contributed by atoms with Crippen molar-refractivity contribution in [3.05, 3.63) is 35.4 Å². The summed E-state index contributed by atoms with van der Waals surface area (Å²) in [6.45, 7) is 9.61. The van der Waals surface area contributed by atoms with Gasteiger partial charge in [0.2, 0.25) is 0 Å². The Hall–Kier alpha value is -1.55. The molecule has 1 heterocycles.